The zero-order chi connectivity index (χ0) is 13.9. The zero-order valence-corrected chi connectivity index (χ0v) is 11.0. The van der Waals surface area contributed by atoms with Crippen molar-refractivity contribution in [1.29, 1.82) is 0 Å². The Kier molecular flexibility index (Phi) is 4.33. The summed E-state index contributed by atoms with van der Waals surface area (Å²) in [5.41, 5.74) is 5.39. The maximum absolute atomic E-state index is 13.3. The van der Waals surface area contributed by atoms with Crippen LogP contribution in [0.25, 0.3) is 0 Å². The first-order chi connectivity index (χ1) is 8.27. The van der Waals surface area contributed by atoms with Crippen molar-refractivity contribution in [1.82, 2.24) is 4.72 Å². The highest BCUT2D eigenvalue weighted by atomic mass is 32.2. The van der Waals surface area contributed by atoms with Gasteiger partial charge in [0.15, 0.2) is 0 Å². The molecule has 0 aliphatic rings. The topological polar surface area (TPSA) is 72.2 Å². The molecule has 0 aliphatic carbocycles. The van der Waals surface area contributed by atoms with Crippen molar-refractivity contribution in [2.75, 3.05) is 5.73 Å². The van der Waals surface area contributed by atoms with Crippen LogP contribution in [0.3, 0.4) is 0 Å². The Balaban J connectivity index is 3.10. The smallest absolute Gasteiger partial charge is 0.240 e. The van der Waals surface area contributed by atoms with Crippen molar-refractivity contribution in [2.45, 2.75) is 31.2 Å². The van der Waals surface area contributed by atoms with Gasteiger partial charge in [-0.2, -0.15) is 0 Å². The number of rotatable bonds is 4. The first kappa shape index (κ1) is 14.5. The standard InChI is InChI=1S/C12H15FN2O2S/c1-4-5-9(3)15-18(16,17)10-6-8(2)12(13)11(14)7-10/h1,6-7,9,15H,5,14H2,2-3H3. The summed E-state index contributed by atoms with van der Waals surface area (Å²) in [4.78, 5) is -0.0669. The van der Waals surface area contributed by atoms with Gasteiger partial charge in [-0.25, -0.2) is 17.5 Å². The van der Waals surface area contributed by atoms with Gasteiger partial charge < -0.3 is 5.73 Å². The number of benzene rings is 1. The Morgan fingerprint density at radius 2 is 2.17 bits per heavy atom. The Bertz CT molecular complexity index is 568. The van der Waals surface area contributed by atoms with Crippen LogP contribution in [-0.4, -0.2) is 14.5 Å². The highest BCUT2D eigenvalue weighted by Crippen LogP contribution is 2.21. The summed E-state index contributed by atoms with van der Waals surface area (Å²) in [5.74, 6) is 1.76. The first-order valence-electron chi connectivity index (χ1n) is 5.29. The second-order valence-electron chi connectivity index (χ2n) is 4.07. The number of hydrogen-bond donors (Lipinski definition) is 2. The molecule has 0 spiro atoms. The number of halogens is 1. The maximum atomic E-state index is 13.3. The first-order valence-corrected chi connectivity index (χ1v) is 6.77. The molecule has 0 saturated carbocycles. The van der Waals surface area contributed by atoms with Gasteiger partial charge in [-0.05, 0) is 31.5 Å². The van der Waals surface area contributed by atoms with E-state index in [2.05, 4.69) is 10.6 Å². The lowest BCUT2D eigenvalue weighted by Gasteiger charge is -2.13. The molecule has 4 nitrogen and oxygen atoms in total. The number of nitrogen functional groups attached to an aromatic ring is 1. The van der Waals surface area contributed by atoms with E-state index in [1.165, 1.54) is 13.0 Å². The third-order valence-electron chi connectivity index (χ3n) is 2.35. The van der Waals surface area contributed by atoms with Gasteiger partial charge in [0.25, 0.3) is 0 Å². The lowest BCUT2D eigenvalue weighted by atomic mass is 10.2. The molecule has 3 N–H and O–H groups in total. The van der Waals surface area contributed by atoms with Crippen LogP contribution >= 0.6 is 0 Å². The average molecular weight is 270 g/mol. The average Bonchev–Trinajstić information content (AvgIpc) is 2.24. The minimum absolute atomic E-state index is 0.0669. The molecule has 0 heterocycles. The minimum Gasteiger partial charge on any atom is -0.396 e. The highest BCUT2D eigenvalue weighted by molar-refractivity contribution is 7.89. The largest absolute Gasteiger partial charge is 0.396 e. The predicted octanol–water partition coefficient (Wildman–Crippen LogP) is 1.41. The number of anilines is 1. The number of nitrogens with one attached hydrogen (secondary N) is 1. The number of nitrogens with two attached hydrogens (primary N) is 1. The predicted molar refractivity (Wildman–Crippen MR) is 68.8 cm³/mol. The molecule has 0 radical (unpaired) electrons. The van der Waals surface area contributed by atoms with Gasteiger partial charge in [-0.3, -0.25) is 0 Å². The molecule has 98 valence electrons. The molecule has 1 aromatic carbocycles. The van der Waals surface area contributed by atoms with Gasteiger partial charge in [0.05, 0.1) is 10.6 Å². The molecule has 0 amide bonds. The van der Waals surface area contributed by atoms with Crippen LogP contribution in [0.1, 0.15) is 18.9 Å². The van der Waals surface area contributed by atoms with Crippen LogP contribution in [0.15, 0.2) is 17.0 Å². The number of hydrogen-bond acceptors (Lipinski definition) is 3. The van der Waals surface area contributed by atoms with Crippen LogP contribution < -0.4 is 10.5 Å². The van der Waals surface area contributed by atoms with Gasteiger partial charge in [0.1, 0.15) is 5.82 Å². The molecule has 18 heavy (non-hydrogen) atoms. The van der Waals surface area contributed by atoms with E-state index in [4.69, 9.17) is 12.2 Å². The molecule has 1 unspecified atom stereocenters. The summed E-state index contributed by atoms with van der Waals surface area (Å²) in [6.45, 7) is 3.10. The molecule has 1 aromatic rings. The fourth-order valence-corrected chi connectivity index (χ4v) is 2.83. The summed E-state index contributed by atoms with van der Waals surface area (Å²) in [6, 6.07) is 1.93. The molecule has 0 aliphatic heterocycles. The Labute approximate surface area is 106 Å². The van der Waals surface area contributed by atoms with E-state index < -0.39 is 21.9 Å². The van der Waals surface area contributed by atoms with Crippen LogP contribution in [0.4, 0.5) is 10.1 Å². The van der Waals surface area contributed by atoms with E-state index >= 15 is 0 Å². The summed E-state index contributed by atoms with van der Waals surface area (Å²) >= 11 is 0. The van der Waals surface area contributed by atoms with Crippen molar-refractivity contribution >= 4 is 15.7 Å². The third kappa shape index (κ3) is 3.22. The van der Waals surface area contributed by atoms with E-state index in [-0.39, 0.29) is 22.6 Å². The summed E-state index contributed by atoms with van der Waals surface area (Å²) in [7, 11) is -3.74. The summed E-state index contributed by atoms with van der Waals surface area (Å²) in [5, 5.41) is 0. The molecule has 0 aromatic heterocycles. The van der Waals surface area contributed by atoms with E-state index in [1.807, 2.05) is 0 Å². The molecule has 1 rings (SSSR count). The van der Waals surface area contributed by atoms with Crippen molar-refractivity contribution < 1.29 is 12.8 Å². The lowest BCUT2D eigenvalue weighted by Crippen LogP contribution is -2.32. The van der Waals surface area contributed by atoms with Crippen LogP contribution in [-0.2, 0) is 10.0 Å². The van der Waals surface area contributed by atoms with Crippen molar-refractivity contribution in [2.24, 2.45) is 0 Å². The van der Waals surface area contributed by atoms with Crippen molar-refractivity contribution in [3.05, 3.63) is 23.5 Å². The van der Waals surface area contributed by atoms with Crippen LogP contribution in [0, 0.1) is 25.1 Å². The van der Waals surface area contributed by atoms with Gasteiger partial charge >= 0.3 is 0 Å². The van der Waals surface area contributed by atoms with Crippen molar-refractivity contribution in [3.63, 3.8) is 0 Å². The normalized spacial score (nSPS) is 13.0. The monoisotopic (exact) mass is 270 g/mol. The van der Waals surface area contributed by atoms with E-state index in [0.29, 0.717) is 0 Å². The molecule has 0 fully saturated rings. The van der Waals surface area contributed by atoms with Gasteiger partial charge in [-0.1, -0.05) is 0 Å². The van der Waals surface area contributed by atoms with E-state index in [1.54, 1.807) is 6.92 Å². The lowest BCUT2D eigenvalue weighted by molar-refractivity contribution is 0.563. The Morgan fingerprint density at radius 3 is 2.67 bits per heavy atom. The van der Waals surface area contributed by atoms with Crippen LogP contribution in [0.2, 0.25) is 0 Å². The SMILES string of the molecule is C#CCC(C)NS(=O)(=O)c1cc(C)c(F)c(N)c1. The second-order valence-corrected chi connectivity index (χ2v) is 5.79. The zero-order valence-electron chi connectivity index (χ0n) is 10.2. The third-order valence-corrected chi connectivity index (χ3v) is 3.92. The number of terminal acetylenes is 1. The van der Waals surface area contributed by atoms with Gasteiger partial charge in [-0.15, -0.1) is 12.3 Å². The summed E-state index contributed by atoms with van der Waals surface area (Å²) < 4.78 is 39.7. The van der Waals surface area contributed by atoms with Gasteiger partial charge in [0.2, 0.25) is 10.0 Å². The molecule has 6 heteroatoms. The molecule has 0 bridgehead atoms. The minimum atomic E-state index is -3.74. The highest BCUT2D eigenvalue weighted by Gasteiger charge is 2.19. The Hall–Kier alpha value is -1.58. The van der Waals surface area contributed by atoms with Gasteiger partial charge in [0, 0.05) is 12.5 Å². The quantitative estimate of drug-likeness (QED) is 0.642. The Morgan fingerprint density at radius 1 is 1.56 bits per heavy atom. The molecular formula is C12H15FN2O2S. The fourth-order valence-electron chi connectivity index (χ4n) is 1.47. The van der Waals surface area contributed by atoms with E-state index in [0.717, 1.165) is 6.07 Å². The maximum Gasteiger partial charge on any atom is 0.240 e. The molecule has 1 atom stereocenters. The second kappa shape index (κ2) is 5.38. The molecular weight excluding hydrogens is 255 g/mol. The van der Waals surface area contributed by atoms with Crippen molar-refractivity contribution in [3.8, 4) is 12.3 Å². The van der Waals surface area contributed by atoms with Crippen LogP contribution in [0.5, 0.6) is 0 Å². The molecule has 0 saturated heterocycles. The summed E-state index contributed by atoms with van der Waals surface area (Å²) in [6.07, 6.45) is 5.37. The number of sulfonamides is 1. The fraction of sp³-hybridized carbons (Fsp3) is 0.333. The van der Waals surface area contributed by atoms with E-state index in [9.17, 15) is 12.8 Å². The number of aryl methyl sites for hydroxylation is 1.